The molecule has 8 aromatic rings. The number of nitrogens with zero attached hydrogens (tertiary/aromatic N) is 3. The Morgan fingerprint density at radius 1 is 0.408 bits per heavy atom. The van der Waals surface area contributed by atoms with Gasteiger partial charge in [-0.1, -0.05) is 169 Å². The summed E-state index contributed by atoms with van der Waals surface area (Å²) < 4.78 is 0. The first-order valence-corrected chi connectivity index (χ1v) is 28.4. The molecule has 0 amide bonds. The summed E-state index contributed by atoms with van der Waals surface area (Å²) in [6, 6.07) is 61.8. The van der Waals surface area contributed by atoms with E-state index < -0.39 is 0 Å². The Labute approximate surface area is 455 Å². The molecule has 8 aromatic carbocycles. The second-order valence-corrected chi connectivity index (χ2v) is 27.7. The Kier molecular flexibility index (Phi) is 10.5. The van der Waals surface area contributed by atoms with Crippen LogP contribution in [0.2, 0.25) is 0 Å². The maximum Gasteiger partial charge on any atom is 0.252 e. The summed E-state index contributed by atoms with van der Waals surface area (Å²) in [4.78, 5) is 7.78. The first kappa shape index (κ1) is 48.8. The number of benzene rings is 8. The van der Waals surface area contributed by atoms with Gasteiger partial charge in [-0.25, -0.2) is 0 Å². The van der Waals surface area contributed by atoms with Gasteiger partial charge in [0.05, 0.1) is 0 Å². The summed E-state index contributed by atoms with van der Waals surface area (Å²) in [5.74, 6) is 0. The summed E-state index contributed by atoms with van der Waals surface area (Å²) in [5.41, 5.74) is 29.3. The van der Waals surface area contributed by atoms with Gasteiger partial charge in [0, 0.05) is 56.6 Å². The van der Waals surface area contributed by atoms with Crippen LogP contribution in [0.5, 0.6) is 0 Å². The van der Waals surface area contributed by atoms with Crippen molar-refractivity contribution >= 4 is 74.3 Å². The minimum atomic E-state index is -0.138. The van der Waals surface area contributed by atoms with E-state index in [9.17, 15) is 0 Å². The molecule has 2 aliphatic heterocycles. The van der Waals surface area contributed by atoms with E-state index in [1.165, 1.54) is 119 Å². The molecule has 3 aliphatic carbocycles. The van der Waals surface area contributed by atoms with Crippen LogP contribution in [0.4, 0.5) is 51.2 Å². The fraction of sp³-hybridized carbons (Fsp3) is 0.333. The van der Waals surface area contributed by atoms with Crippen molar-refractivity contribution in [3.63, 3.8) is 0 Å². The zero-order chi connectivity index (χ0) is 53.2. The van der Waals surface area contributed by atoms with Crippen molar-refractivity contribution in [1.29, 1.82) is 0 Å². The molecule has 76 heavy (non-hydrogen) atoms. The standard InChI is InChI=1S/C72H76BN3/c1-45-37-64-66-65(38-45)76(50-27-31-55-57(41-50)69(7,8)34-33-68(55,5)6)63-44-59-58(70(9,10)35-36-71(59,11)12)43-61(63)73(66)60-32-28-51(74(47-21-17-15-18-22-47)48-23-19-16-20-24-48)42-62(60)75(64)49-26-30-54-53(40-49)52-29-25-46(67(2,3)4)39-56(52)72(54,13)14/h15-32,37-44H,33-36H2,1-14H3. The van der Waals surface area contributed by atoms with Gasteiger partial charge in [0.1, 0.15) is 0 Å². The van der Waals surface area contributed by atoms with Gasteiger partial charge < -0.3 is 14.7 Å². The van der Waals surface area contributed by atoms with Crippen molar-refractivity contribution in [3.05, 3.63) is 202 Å². The van der Waals surface area contributed by atoms with Crippen LogP contribution in [0, 0.1) is 6.92 Å². The van der Waals surface area contributed by atoms with E-state index in [0.29, 0.717) is 0 Å². The molecule has 0 aromatic heterocycles. The number of anilines is 9. The highest BCUT2D eigenvalue weighted by molar-refractivity contribution is 7.00. The van der Waals surface area contributed by atoms with E-state index in [0.717, 1.165) is 29.9 Å². The van der Waals surface area contributed by atoms with Crippen LogP contribution in [-0.4, -0.2) is 6.71 Å². The second-order valence-electron chi connectivity index (χ2n) is 27.7. The van der Waals surface area contributed by atoms with Crippen LogP contribution in [0.1, 0.15) is 160 Å². The normalized spacial score (nSPS) is 18.4. The molecule has 0 bridgehead atoms. The Morgan fingerprint density at radius 2 is 0.921 bits per heavy atom. The predicted octanol–water partition coefficient (Wildman–Crippen LogP) is 17.8. The van der Waals surface area contributed by atoms with Gasteiger partial charge in [-0.05, 0) is 211 Å². The van der Waals surface area contributed by atoms with Gasteiger partial charge >= 0.3 is 0 Å². The molecule has 0 atom stereocenters. The molecule has 4 heteroatoms. The summed E-state index contributed by atoms with van der Waals surface area (Å²) in [6.07, 6.45) is 4.69. The lowest BCUT2D eigenvalue weighted by atomic mass is 9.33. The molecule has 382 valence electrons. The van der Waals surface area contributed by atoms with Crippen molar-refractivity contribution in [2.75, 3.05) is 14.7 Å². The fourth-order valence-corrected chi connectivity index (χ4v) is 14.5. The number of aryl methyl sites for hydroxylation is 1. The molecule has 0 saturated carbocycles. The number of rotatable bonds is 5. The molecule has 5 aliphatic rings. The van der Waals surface area contributed by atoms with Crippen molar-refractivity contribution in [3.8, 4) is 11.1 Å². The van der Waals surface area contributed by atoms with Gasteiger partial charge in [-0.15, -0.1) is 0 Å². The van der Waals surface area contributed by atoms with Crippen molar-refractivity contribution in [2.24, 2.45) is 0 Å². The molecule has 13 rings (SSSR count). The molecular formula is C72H76BN3. The summed E-state index contributed by atoms with van der Waals surface area (Å²) in [7, 11) is 0. The third-order valence-electron chi connectivity index (χ3n) is 19.3. The summed E-state index contributed by atoms with van der Waals surface area (Å²) in [6.45, 7) is 34.0. The molecule has 0 saturated heterocycles. The molecule has 2 heterocycles. The molecular weight excluding hydrogens is 918 g/mol. The van der Waals surface area contributed by atoms with E-state index in [-0.39, 0.29) is 39.2 Å². The van der Waals surface area contributed by atoms with Crippen LogP contribution in [0.25, 0.3) is 11.1 Å². The smallest absolute Gasteiger partial charge is 0.252 e. The number of hydrogen-bond donors (Lipinski definition) is 0. The molecule has 0 radical (unpaired) electrons. The minimum absolute atomic E-state index is 0.0110. The van der Waals surface area contributed by atoms with Gasteiger partial charge in [-0.2, -0.15) is 0 Å². The first-order valence-electron chi connectivity index (χ1n) is 28.4. The quantitative estimate of drug-likeness (QED) is 0.159. The van der Waals surface area contributed by atoms with E-state index in [1.807, 2.05) is 0 Å². The van der Waals surface area contributed by atoms with E-state index in [2.05, 4.69) is 269 Å². The molecule has 0 fully saturated rings. The highest BCUT2D eigenvalue weighted by Crippen LogP contribution is 2.55. The Balaban J connectivity index is 1.12. The van der Waals surface area contributed by atoms with Gasteiger partial charge in [0.2, 0.25) is 0 Å². The van der Waals surface area contributed by atoms with Crippen molar-refractivity contribution < 1.29 is 0 Å². The maximum absolute atomic E-state index is 2.70. The lowest BCUT2D eigenvalue weighted by Crippen LogP contribution is -2.62. The zero-order valence-electron chi connectivity index (χ0n) is 47.8. The first-order chi connectivity index (χ1) is 35.9. The average molecular weight is 994 g/mol. The maximum atomic E-state index is 2.70. The van der Waals surface area contributed by atoms with E-state index in [1.54, 1.807) is 0 Å². The third-order valence-corrected chi connectivity index (χ3v) is 19.3. The average Bonchev–Trinajstić information content (AvgIpc) is 3.79. The fourth-order valence-electron chi connectivity index (χ4n) is 14.5. The topological polar surface area (TPSA) is 9.72 Å². The Bertz CT molecular complexity index is 3660. The Morgan fingerprint density at radius 3 is 1.50 bits per heavy atom. The largest absolute Gasteiger partial charge is 0.311 e. The van der Waals surface area contributed by atoms with E-state index in [4.69, 9.17) is 0 Å². The molecule has 0 N–H and O–H groups in total. The number of hydrogen-bond acceptors (Lipinski definition) is 3. The van der Waals surface area contributed by atoms with Crippen molar-refractivity contribution in [1.82, 2.24) is 0 Å². The molecule has 0 spiro atoms. The predicted molar refractivity (Wildman–Crippen MR) is 327 cm³/mol. The van der Waals surface area contributed by atoms with Crippen molar-refractivity contribution in [2.45, 2.75) is 155 Å². The molecule has 3 nitrogen and oxygen atoms in total. The monoisotopic (exact) mass is 994 g/mol. The van der Waals surface area contributed by atoms with Crippen LogP contribution in [-0.2, 0) is 32.5 Å². The summed E-state index contributed by atoms with van der Waals surface area (Å²) in [5, 5.41) is 0. The van der Waals surface area contributed by atoms with Crippen LogP contribution < -0.4 is 31.1 Å². The Hall–Kier alpha value is -6.78. The number of para-hydroxylation sites is 2. The molecule has 0 unspecified atom stereocenters. The lowest BCUT2D eigenvalue weighted by Gasteiger charge is -2.48. The third kappa shape index (κ3) is 7.28. The lowest BCUT2D eigenvalue weighted by molar-refractivity contribution is 0.332. The number of fused-ring (bicyclic) bond motifs is 9. The van der Waals surface area contributed by atoms with Crippen LogP contribution in [0.15, 0.2) is 158 Å². The SMILES string of the molecule is Cc1cc2c3c(c1)N(c1ccc4c(c1)C(C)(C)CCC4(C)C)c1cc4c(cc1B3c1ccc(N(c3ccccc3)c3ccccc3)cc1N2c1ccc2c(c1)-c1ccc(C(C)(C)C)cc1C2(C)C)C(C)(C)CCC4(C)C. The van der Waals surface area contributed by atoms with E-state index >= 15 is 0 Å². The summed E-state index contributed by atoms with van der Waals surface area (Å²) >= 11 is 0. The highest BCUT2D eigenvalue weighted by Gasteiger charge is 2.48. The highest BCUT2D eigenvalue weighted by atomic mass is 15.2. The van der Waals surface area contributed by atoms with Crippen LogP contribution >= 0.6 is 0 Å². The van der Waals surface area contributed by atoms with Crippen LogP contribution in [0.3, 0.4) is 0 Å². The minimum Gasteiger partial charge on any atom is -0.311 e. The zero-order valence-corrected chi connectivity index (χ0v) is 47.8. The van der Waals surface area contributed by atoms with Gasteiger partial charge in [0.25, 0.3) is 6.71 Å². The second kappa shape index (κ2) is 16.4. The van der Waals surface area contributed by atoms with Gasteiger partial charge in [0.15, 0.2) is 0 Å². The van der Waals surface area contributed by atoms with Gasteiger partial charge in [-0.3, -0.25) is 0 Å².